The van der Waals surface area contributed by atoms with Gasteiger partial charge in [0.2, 0.25) is 5.91 Å². The van der Waals surface area contributed by atoms with E-state index in [1.807, 2.05) is 0 Å². The number of rotatable bonds is 3. The summed E-state index contributed by atoms with van der Waals surface area (Å²) in [7, 11) is 0. The first kappa shape index (κ1) is 12.9. The van der Waals surface area contributed by atoms with Crippen molar-refractivity contribution in [2.45, 2.75) is 39.7 Å². The number of nitrogens with zero attached hydrogens (tertiary/aromatic N) is 1. The number of hydrogen-bond donors (Lipinski definition) is 1. The largest absolute Gasteiger partial charge is 0.367 e. The minimum absolute atomic E-state index is 0.0455. The van der Waals surface area contributed by atoms with Crippen LogP contribution >= 0.6 is 0 Å². The summed E-state index contributed by atoms with van der Waals surface area (Å²) in [6.45, 7) is 7.56. The van der Waals surface area contributed by atoms with Gasteiger partial charge in [-0.1, -0.05) is 12.1 Å². The molecule has 1 aliphatic heterocycles. The second kappa shape index (κ2) is 5.42. The maximum absolute atomic E-state index is 10.9. The highest BCUT2D eigenvalue weighted by Gasteiger charge is 2.22. The van der Waals surface area contributed by atoms with Crippen LogP contribution in [0.5, 0.6) is 0 Å². The lowest BCUT2D eigenvalue weighted by atomic mass is 9.95. The SMILES string of the molecule is CC(=O)NCCN1c2cc(C)ccc2CCC1C. The fraction of sp³-hybridized carbons (Fsp3) is 0.533. The zero-order valence-corrected chi connectivity index (χ0v) is 11.5. The van der Waals surface area contributed by atoms with E-state index in [2.05, 4.69) is 42.3 Å². The van der Waals surface area contributed by atoms with Crippen LogP contribution < -0.4 is 10.2 Å². The summed E-state index contributed by atoms with van der Waals surface area (Å²) in [5, 5.41) is 2.88. The average Bonchev–Trinajstić information content (AvgIpc) is 2.31. The van der Waals surface area contributed by atoms with Crippen LogP contribution in [0.1, 0.15) is 31.4 Å². The highest BCUT2D eigenvalue weighted by atomic mass is 16.1. The van der Waals surface area contributed by atoms with Crippen molar-refractivity contribution in [1.29, 1.82) is 0 Å². The molecular weight excluding hydrogens is 224 g/mol. The van der Waals surface area contributed by atoms with Crippen LogP contribution in [0.25, 0.3) is 0 Å². The van der Waals surface area contributed by atoms with Gasteiger partial charge in [-0.15, -0.1) is 0 Å². The number of fused-ring (bicyclic) bond motifs is 1. The van der Waals surface area contributed by atoms with Gasteiger partial charge < -0.3 is 10.2 Å². The lowest BCUT2D eigenvalue weighted by Gasteiger charge is -2.37. The Morgan fingerprint density at radius 3 is 3.00 bits per heavy atom. The highest BCUT2D eigenvalue weighted by molar-refractivity contribution is 5.72. The van der Waals surface area contributed by atoms with Crippen molar-refractivity contribution in [1.82, 2.24) is 5.32 Å². The van der Waals surface area contributed by atoms with E-state index in [4.69, 9.17) is 0 Å². The first-order valence-electron chi connectivity index (χ1n) is 6.68. The third-order valence-electron chi connectivity index (χ3n) is 3.64. The van der Waals surface area contributed by atoms with E-state index < -0.39 is 0 Å². The molecule has 18 heavy (non-hydrogen) atoms. The van der Waals surface area contributed by atoms with Crippen LogP contribution in [0.4, 0.5) is 5.69 Å². The van der Waals surface area contributed by atoms with E-state index in [1.165, 1.54) is 23.2 Å². The fourth-order valence-electron chi connectivity index (χ4n) is 2.60. The Balaban J connectivity index is 2.14. The third kappa shape index (κ3) is 2.84. The van der Waals surface area contributed by atoms with Crippen molar-refractivity contribution < 1.29 is 4.79 Å². The molecule has 1 amide bonds. The smallest absolute Gasteiger partial charge is 0.216 e. The van der Waals surface area contributed by atoms with Gasteiger partial charge in [-0.3, -0.25) is 4.79 Å². The Hall–Kier alpha value is -1.51. The molecule has 1 aromatic rings. The monoisotopic (exact) mass is 246 g/mol. The summed E-state index contributed by atoms with van der Waals surface area (Å²) >= 11 is 0. The number of hydrogen-bond acceptors (Lipinski definition) is 2. The molecule has 0 fully saturated rings. The molecular formula is C15H22N2O. The lowest BCUT2D eigenvalue weighted by Crippen LogP contribution is -2.42. The van der Waals surface area contributed by atoms with Gasteiger partial charge in [0.15, 0.2) is 0 Å². The number of anilines is 1. The number of benzene rings is 1. The fourth-order valence-corrected chi connectivity index (χ4v) is 2.60. The van der Waals surface area contributed by atoms with E-state index in [0.717, 1.165) is 13.0 Å². The predicted molar refractivity (Wildman–Crippen MR) is 75.0 cm³/mol. The molecule has 3 nitrogen and oxygen atoms in total. The highest BCUT2D eigenvalue weighted by Crippen LogP contribution is 2.31. The molecule has 2 rings (SSSR count). The van der Waals surface area contributed by atoms with Gasteiger partial charge in [-0.05, 0) is 43.9 Å². The molecule has 1 aliphatic rings. The molecule has 0 saturated heterocycles. The number of aryl methyl sites for hydroxylation is 2. The minimum Gasteiger partial charge on any atom is -0.367 e. The standard InChI is InChI=1S/C15H22N2O/c1-11-4-6-14-7-5-12(2)17(15(14)10-11)9-8-16-13(3)18/h4,6,10,12H,5,7-9H2,1-3H3,(H,16,18). The Bertz CT molecular complexity index is 442. The number of amides is 1. The van der Waals surface area contributed by atoms with Crippen LogP contribution in [-0.4, -0.2) is 25.0 Å². The van der Waals surface area contributed by atoms with Crippen molar-refractivity contribution in [2.24, 2.45) is 0 Å². The second-order valence-corrected chi connectivity index (χ2v) is 5.20. The van der Waals surface area contributed by atoms with Crippen molar-refractivity contribution in [3.8, 4) is 0 Å². The predicted octanol–water partition coefficient (Wildman–Crippen LogP) is 2.27. The van der Waals surface area contributed by atoms with Crippen molar-refractivity contribution in [3.05, 3.63) is 29.3 Å². The summed E-state index contributed by atoms with van der Waals surface area (Å²) in [4.78, 5) is 13.4. The van der Waals surface area contributed by atoms with Crippen LogP contribution in [0, 0.1) is 6.92 Å². The molecule has 1 heterocycles. The van der Waals surface area contributed by atoms with Crippen molar-refractivity contribution in [3.63, 3.8) is 0 Å². The van der Waals surface area contributed by atoms with Gasteiger partial charge in [-0.25, -0.2) is 0 Å². The van der Waals surface area contributed by atoms with Gasteiger partial charge in [0, 0.05) is 31.7 Å². The maximum Gasteiger partial charge on any atom is 0.216 e. The summed E-state index contributed by atoms with van der Waals surface area (Å²) in [6.07, 6.45) is 2.35. The Kier molecular flexibility index (Phi) is 3.90. The molecule has 1 atom stereocenters. The molecule has 0 bridgehead atoms. The van der Waals surface area contributed by atoms with Gasteiger partial charge in [0.25, 0.3) is 0 Å². The summed E-state index contributed by atoms with van der Waals surface area (Å²) in [6, 6.07) is 7.23. The first-order chi connectivity index (χ1) is 8.58. The van der Waals surface area contributed by atoms with Gasteiger partial charge in [0.05, 0.1) is 0 Å². The van der Waals surface area contributed by atoms with Crippen molar-refractivity contribution >= 4 is 11.6 Å². The number of carbonyl (C=O) groups excluding carboxylic acids is 1. The van der Waals surface area contributed by atoms with E-state index >= 15 is 0 Å². The van der Waals surface area contributed by atoms with Crippen molar-refractivity contribution in [2.75, 3.05) is 18.0 Å². The number of carbonyl (C=O) groups is 1. The van der Waals surface area contributed by atoms with E-state index in [9.17, 15) is 4.79 Å². The third-order valence-corrected chi connectivity index (χ3v) is 3.64. The van der Waals surface area contributed by atoms with E-state index in [0.29, 0.717) is 12.6 Å². The van der Waals surface area contributed by atoms with Gasteiger partial charge in [0.1, 0.15) is 0 Å². The molecule has 0 radical (unpaired) electrons. The lowest BCUT2D eigenvalue weighted by molar-refractivity contribution is -0.118. The Labute approximate surface area is 109 Å². The first-order valence-corrected chi connectivity index (χ1v) is 6.68. The zero-order chi connectivity index (χ0) is 13.1. The average molecular weight is 246 g/mol. The van der Waals surface area contributed by atoms with Gasteiger partial charge in [-0.2, -0.15) is 0 Å². The molecule has 0 aromatic heterocycles. The molecule has 1 aromatic carbocycles. The normalized spacial score (nSPS) is 18.4. The topological polar surface area (TPSA) is 32.3 Å². The van der Waals surface area contributed by atoms with Crippen LogP contribution in [0.15, 0.2) is 18.2 Å². The van der Waals surface area contributed by atoms with Crippen LogP contribution in [0.3, 0.4) is 0 Å². The van der Waals surface area contributed by atoms with Gasteiger partial charge >= 0.3 is 0 Å². The molecule has 98 valence electrons. The second-order valence-electron chi connectivity index (χ2n) is 5.20. The molecule has 3 heteroatoms. The van der Waals surface area contributed by atoms with E-state index in [-0.39, 0.29) is 5.91 Å². The molecule has 0 saturated carbocycles. The quantitative estimate of drug-likeness (QED) is 0.887. The maximum atomic E-state index is 10.9. The summed E-state index contributed by atoms with van der Waals surface area (Å²) in [5.41, 5.74) is 4.08. The Morgan fingerprint density at radius 2 is 2.28 bits per heavy atom. The molecule has 1 N–H and O–H groups in total. The minimum atomic E-state index is 0.0455. The molecule has 0 spiro atoms. The Morgan fingerprint density at radius 1 is 1.50 bits per heavy atom. The van der Waals surface area contributed by atoms with Crippen LogP contribution in [0.2, 0.25) is 0 Å². The summed E-state index contributed by atoms with van der Waals surface area (Å²) < 4.78 is 0. The van der Waals surface area contributed by atoms with Crippen LogP contribution in [-0.2, 0) is 11.2 Å². The van der Waals surface area contributed by atoms with E-state index in [1.54, 1.807) is 6.92 Å². The zero-order valence-electron chi connectivity index (χ0n) is 11.5. The molecule has 0 aliphatic carbocycles. The summed E-state index contributed by atoms with van der Waals surface area (Å²) in [5.74, 6) is 0.0455. The number of nitrogens with one attached hydrogen (secondary N) is 1. The molecule has 1 unspecified atom stereocenters.